The van der Waals surface area contributed by atoms with Gasteiger partial charge in [0, 0.05) is 0 Å². The number of rotatable bonds is 2. The van der Waals surface area contributed by atoms with Gasteiger partial charge in [0.15, 0.2) is 9.84 Å². The predicted octanol–water partition coefficient (Wildman–Crippen LogP) is 0.764. The van der Waals surface area contributed by atoms with Crippen molar-refractivity contribution in [3.63, 3.8) is 0 Å². The maximum Gasteiger partial charge on any atom is 0.240 e. The van der Waals surface area contributed by atoms with Crippen molar-refractivity contribution in [3.05, 3.63) is 0 Å². The maximum absolute atomic E-state index is 12.2. The lowest BCUT2D eigenvalue weighted by atomic mass is 9.85. The van der Waals surface area contributed by atoms with E-state index in [1.807, 2.05) is 0 Å². The Hall–Kier alpha value is -1.09. The van der Waals surface area contributed by atoms with Crippen LogP contribution in [0.15, 0.2) is 0 Å². The van der Waals surface area contributed by atoms with Crippen LogP contribution in [0, 0.1) is 16.7 Å². The Morgan fingerprint density at radius 2 is 1.89 bits per heavy atom. The van der Waals surface area contributed by atoms with E-state index in [9.17, 15) is 18.5 Å². The summed E-state index contributed by atoms with van der Waals surface area (Å²) in [6.07, 6.45) is 3.37. The van der Waals surface area contributed by atoms with Gasteiger partial charge in [0.2, 0.25) is 5.91 Å². The summed E-state index contributed by atoms with van der Waals surface area (Å²) in [5.41, 5.74) is -1.64. The van der Waals surface area contributed by atoms with Crippen molar-refractivity contribution < 1.29 is 13.2 Å². The molecule has 1 aliphatic carbocycles. The molecule has 1 heterocycles. The van der Waals surface area contributed by atoms with Crippen LogP contribution in [0.1, 0.15) is 39.0 Å². The molecule has 100 valence electrons. The molecule has 1 aliphatic heterocycles. The molecular weight excluding hydrogens is 252 g/mol. The molecule has 1 N–H and O–H groups in total. The Bertz CT molecular complexity index is 500. The monoisotopic (exact) mass is 270 g/mol. The van der Waals surface area contributed by atoms with Gasteiger partial charge in [0.05, 0.1) is 23.1 Å². The van der Waals surface area contributed by atoms with Crippen molar-refractivity contribution in [2.45, 2.75) is 44.6 Å². The minimum absolute atomic E-state index is 0.0206. The third kappa shape index (κ3) is 2.37. The minimum Gasteiger partial charge on any atom is -0.349 e. The molecule has 1 unspecified atom stereocenters. The van der Waals surface area contributed by atoms with Gasteiger partial charge in [-0.2, -0.15) is 5.26 Å². The fourth-order valence-corrected chi connectivity index (χ4v) is 4.96. The summed E-state index contributed by atoms with van der Waals surface area (Å²) in [6.45, 7) is 1.75. The van der Waals surface area contributed by atoms with E-state index in [0.717, 1.165) is 12.8 Å². The van der Waals surface area contributed by atoms with E-state index in [4.69, 9.17) is 0 Å². The predicted molar refractivity (Wildman–Crippen MR) is 66.3 cm³/mol. The summed E-state index contributed by atoms with van der Waals surface area (Å²) in [4.78, 5) is 12.2. The molecule has 0 radical (unpaired) electrons. The molecule has 1 saturated heterocycles. The average molecular weight is 270 g/mol. The number of sulfone groups is 1. The van der Waals surface area contributed by atoms with E-state index in [-0.39, 0.29) is 17.4 Å². The molecular formula is C12H18N2O3S. The lowest BCUT2D eigenvalue weighted by Gasteiger charge is -2.29. The van der Waals surface area contributed by atoms with Gasteiger partial charge < -0.3 is 5.32 Å². The summed E-state index contributed by atoms with van der Waals surface area (Å²) in [5, 5.41) is 12.0. The van der Waals surface area contributed by atoms with Crippen LogP contribution in [-0.2, 0) is 14.6 Å². The first-order chi connectivity index (χ1) is 8.31. The number of hydrogen-bond donors (Lipinski definition) is 1. The van der Waals surface area contributed by atoms with Gasteiger partial charge in [-0.1, -0.05) is 12.8 Å². The molecule has 1 saturated carbocycles. The molecule has 0 aromatic heterocycles. The van der Waals surface area contributed by atoms with Gasteiger partial charge in [0.1, 0.15) is 5.41 Å². The second-order valence-electron chi connectivity index (χ2n) is 5.76. The second kappa shape index (κ2) is 4.23. The summed E-state index contributed by atoms with van der Waals surface area (Å²) in [5.74, 6) is -0.196. The van der Waals surface area contributed by atoms with Crippen molar-refractivity contribution >= 4 is 15.7 Å². The number of hydrogen-bond acceptors (Lipinski definition) is 4. The van der Waals surface area contributed by atoms with E-state index in [2.05, 4.69) is 11.4 Å². The van der Waals surface area contributed by atoms with Gasteiger partial charge in [-0.05, 0) is 26.2 Å². The number of nitrogens with one attached hydrogen (secondary N) is 1. The van der Waals surface area contributed by atoms with Crippen molar-refractivity contribution in [1.82, 2.24) is 5.32 Å². The molecule has 1 atom stereocenters. The number of carbonyl (C=O) groups excluding carboxylic acids is 1. The molecule has 0 aromatic rings. The van der Waals surface area contributed by atoms with Gasteiger partial charge in [0.25, 0.3) is 0 Å². The molecule has 6 heteroatoms. The Labute approximate surface area is 107 Å². The number of carbonyl (C=O) groups is 1. The Morgan fingerprint density at radius 1 is 1.28 bits per heavy atom. The second-order valence-corrected chi connectivity index (χ2v) is 7.94. The SMILES string of the molecule is CC1(NC(=O)C2(C#N)CCCC2)CCS(=O)(=O)C1. The number of amides is 1. The summed E-state index contributed by atoms with van der Waals surface area (Å²) >= 11 is 0. The van der Waals surface area contributed by atoms with Crippen molar-refractivity contribution in [3.8, 4) is 6.07 Å². The standard InChI is InChI=1S/C12H18N2O3S/c1-11(6-7-18(16,17)9-11)14-10(15)12(8-13)4-2-3-5-12/h2-7,9H2,1H3,(H,14,15). The van der Waals surface area contributed by atoms with Gasteiger partial charge >= 0.3 is 0 Å². The van der Waals surface area contributed by atoms with Gasteiger partial charge in [-0.15, -0.1) is 0 Å². The van der Waals surface area contributed by atoms with Crippen LogP contribution >= 0.6 is 0 Å². The molecule has 5 nitrogen and oxygen atoms in total. The van der Waals surface area contributed by atoms with Crippen LogP contribution in [0.25, 0.3) is 0 Å². The first-order valence-electron chi connectivity index (χ1n) is 6.25. The topological polar surface area (TPSA) is 87.0 Å². The zero-order chi connectivity index (χ0) is 13.4. The molecule has 2 fully saturated rings. The van der Waals surface area contributed by atoms with E-state index in [1.165, 1.54) is 0 Å². The smallest absolute Gasteiger partial charge is 0.240 e. The summed E-state index contributed by atoms with van der Waals surface area (Å²) in [7, 11) is -3.05. The lowest BCUT2D eigenvalue weighted by Crippen LogP contribution is -2.52. The van der Waals surface area contributed by atoms with Crippen LogP contribution in [0.4, 0.5) is 0 Å². The van der Waals surface area contributed by atoms with Crippen molar-refractivity contribution in [2.75, 3.05) is 11.5 Å². The van der Waals surface area contributed by atoms with Crippen molar-refractivity contribution in [2.24, 2.45) is 5.41 Å². The lowest BCUT2D eigenvalue weighted by molar-refractivity contribution is -0.129. The maximum atomic E-state index is 12.2. The largest absolute Gasteiger partial charge is 0.349 e. The Balaban J connectivity index is 2.11. The highest BCUT2D eigenvalue weighted by Gasteiger charge is 2.46. The highest BCUT2D eigenvalue weighted by Crippen LogP contribution is 2.38. The highest BCUT2D eigenvalue weighted by molar-refractivity contribution is 7.91. The fraction of sp³-hybridized carbons (Fsp3) is 0.833. The normalized spacial score (nSPS) is 32.9. The van der Waals surface area contributed by atoms with Crippen LogP contribution < -0.4 is 5.32 Å². The number of nitrogens with zero attached hydrogens (tertiary/aromatic N) is 1. The average Bonchev–Trinajstić information content (AvgIpc) is 2.84. The van der Waals surface area contributed by atoms with Crippen LogP contribution in [0.2, 0.25) is 0 Å². The number of nitriles is 1. The minimum atomic E-state index is -3.05. The molecule has 0 bridgehead atoms. The summed E-state index contributed by atoms with van der Waals surface area (Å²) < 4.78 is 23.0. The molecule has 2 aliphatic rings. The third-order valence-electron chi connectivity index (χ3n) is 4.02. The quantitative estimate of drug-likeness (QED) is 0.802. The molecule has 0 spiro atoms. The first-order valence-corrected chi connectivity index (χ1v) is 8.07. The molecule has 0 aromatic carbocycles. The van der Waals surface area contributed by atoms with Crippen LogP contribution in [-0.4, -0.2) is 31.4 Å². The van der Waals surface area contributed by atoms with Crippen LogP contribution in [0.3, 0.4) is 0 Å². The van der Waals surface area contributed by atoms with Crippen LogP contribution in [0.5, 0.6) is 0 Å². The Kier molecular flexibility index (Phi) is 3.14. The molecule has 1 amide bonds. The van der Waals surface area contributed by atoms with Gasteiger partial charge in [-0.3, -0.25) is 4.79 Å². The fourth-order valence-electron chi connectivity index (χ4n) is 2.87. The Morgan fingerprint density at radius 3 is 2.33 bits per heavy atom. The van der Waals surface area contributed by atoms with Crippen molar-refractivity contribution in [1.29, 1.82) is 5.26 Å². The molecule has 18 heavy (non-hydrogen) atoms. The zero-order valence-corrected chi connectivity index (χ0v) is 11.3. The molecule has 2 rings (SSSR count). The summed E-state index contributed by atoms with van der Waals surface area (Å²) in [6, 6.07) is 2.13. The van der Waals surface area contributed by atoms with E-state index in [0.29, 0.717) is 19.3 Å². The van der Waals surface area contributed by atoms with Gasteiger partial charge in [-0.25, -0.2) is 8.42 Å². The highest BCUT2D eigenvalue weighted by atomic mass is 32.2. The zero-order valence-electron chi connectivity index (χ0n) is 10.5. The van der Waals surface area contributed by atoms with E-state index < -0.39 is 20.8 Å². The van der Waals surface area contributed by atoms with E-state index >= 15 is 0 Å². The first kappa shape index (κ1) is 13.3. The van der Waals surface area contributed by atoms with E-state index in [1.54, 1.807) is 6.92 Å². The third-order valence-corrected chi connectivity index (χ3v) is 5.93.